The highest BCUT2D eigenvalue weighted by molar-refractivity contribution is 5.16. The van der Waals surface area contributed by atoms with Crippen LogP contribution < -0.4 is 5.32 Å². The van der Waals surface area contributed by atoms with Crippen molar-refractivity contribution in [1.29, 1.82) is 0 Å². The van der Waals surface area contributed by atoms with Crippen molar-refractivity contribution in [2.24, 2.45) is 5.92 Å². The molecule has 1 fully saturated rings. The summed E-state index contributed by atoms with van der Waals surface area (Å²) in [5.41, 5.74) is 1.42. The molecule has 0 aliphatic heterocycles. The zero-order chi connectivity index (χ0) is 10.9. The number of rotatable bonds is 3. The van der Waals surface area contributed by atoms with Gasteiger partial charge in [0.1, 0.15) is 6.33 Å². The average molecular weight is 205 g/mol. The predicted octanol–water partition coefficient (Wildman–Crippen LogP) is 1.97. The number of hydrogen-bond donors (Lipinski definition) is 1. The van der Waals surface area contributed by atoms with Gasteiger partial charge in [-0.25, -0.2) is 9.97 Å². The Kier molecular flexibility index (Phi) is 2.74. The average Bonchev–Trinajstić information content (AvgIpc) is 2.94. The molecule has 1 heterocycles. The molecule has 0 amide bonds. The van der Waals surface area contributed by atoms with E-state index >= 15 is 0 Å². The molecular weight excluding hydrogens is 186 g/mol. The minimum atomic E-state index is 0.221. The SMILES string of the molecule is CC(C)(C)NCC1CC1c1ccncn1. The third kappa shape index (κ3) is 2.99. The maximum Gasteiger partial charge on any atom is 0.115 e. The van der Waals surface area contributed by atoms with E-state index in [0.29, 0.717) is 5.92 Å². The van der Waals surface area contributed by atoms with Gasteiger partial charge in [0.05, 0.1) is 0 Å². The molecule has 1 aromatic heterocycles. The van der Waals surface area contributed by atoms with Crippen LogP contribution in [0.2, 0.25) is 0 Å². The van der Waals surface area contributed by atoms with Crippen LogP contribution in [0, 0.1) is 5.92 Å². The monoisotopic (exact) mass is 205 g/mol. The second-order valence-electron chi connectivity index (χ2n) is 5.37. The molecule has 0 aromatic carbocycles. The molecule has 15 heavy (non-hydrogen) atoms. The van der Waals surface area contributed by atoms with Crippen LogP contribution in [0.25, 0.3) is 0 Å². The summed E-state index contributed by atoms with van der Waals surface area (Å²) in [5, 5.41) is 3.54. The standard InChI is InChI=1S/C12H19N3/c1-12(2,3)15-7-9-6-10(9)11-4-5-13-8-14-11/h4-5,8-10,15H,6-7H2,1-3H3. The van der Waals surface area contributed by atoms with Gasteiger partial charge in [0.25, 0.3) is 0 Å². The molecule has 1 aromatic rings. The summed E-state index contributed by atoms with van der Waals surface area (Å²) in [5.74, 6) is 1.42. The van der Waals surface area contributed by atoms with Crippen molar-refractivity contribution < 1.29 is 0 Å². The number of nitrogens with zero attached hydrogens (tertiary/aromatic N) is 2. The minimum Gasteiger partial charge on any atom is -0.312 e. The van der Waals surface area contributed by atoms with E-state index in [1.54, 1.807) is 6.33 Å². The van der Waals surface area contributed by atoms with Crippen LogP contribution in [-0.2, 0) is 0 Å². The smallest absolute Gasteiger partial charge is 0.115 e. The summed E-state index contributed by atoms with van der Waals surface area (Å²) in [6.45, 7) is 7.71. The zero-order valence-electron chi connectivity index (χ0n) is 9.70. The van der Waals surface area contributed by atoms with Gasteiger partial charge in [-0.1, -0.05) is 0 Å². The predicted molar refractivity (Wildman–Crippen MR) is 60.6 cm³/mol. The van der Waals surface area contributed by atoms with Gasteiger partial charge in [-0.15, -0.1) is 0 Å². The first-order valence-electron chi connectivity index (χ1n) is 5.57. The Hall–Kier alpha value is -0.960. The van der Waals surface area contributed by atoms with Crippen molar-refractivity contribution in [3.8, 4) is 0 Å². The summed E-state index contributed by atoms with van der Waals surface area (Å²) in [7, 11) is 0. The van der Waals surface area contributed by atoms with Gasteiger partial charge in [0.15, 0.2) is 0 Å². The molecule has 0 radical (unpaired) electrons. The lowest BCUT2D eigenvalue weighted by molar-refractivity contribution is 0.414. The molecule has 82 valence electrons. The molecule has 1 N–H and O–H groups in total. The van der Waals surface area contributed by atoms with Crippen LogP contribution >= 0.6 is 0 Å². The van der Waals surface area contributed by atoms with E-state index < -0.39 is 0 Å². The number of nitrogens with one attached hydrogen (secondary N) is 1. The highest BCUT2D eigenvalue weighted by atomic mass is 15.0. The quantitative estimate of drug-likeness (QED) is 0.819. The van der Waals surface area contributed by atoms with E-state index in [9.17, 15) is 0 Å². The van der Waals surface area contributed by atoms with Gasteiger partial charge >= 0.3 is 0 Å². The highest BCUT2D eigenvalue weighted by Gasteiger charge is 2.39. The van der Waals surface area contributed by atoms with Gasteiger partial charge in [-0.3, -0.25) is 0 Å². The first-order valence-corrected chi connectivity index (χ1v) is 5.57. The van der Waals surface area contributed by atoms with Gasteiger partial charge in [-0.05, 0) is 45.7 Å². The molecule has 1 saturated carbocycles. The van der Waals surface area contributed by atoms with E-state index in [1.807, 2.05) is 12.3 Å². The van der Waals surface area contributed by atoms with Gasteiger partial charge in [0, 0.05) is 23.3 Å². The normalized spacial score (nSPS) is 25.3. The third-order valence-electron chi connectivity index (χ3n) is 2.80. The molecule has 2 unspecified atom stereocenters. The summed E-state index contributed by atoms with van der Waals surface area (Å²) >= 11 is 0. The Balaban J connectivity index is 1.82. The van der Waals surface area contributed by atoms with Gasteiger partial charge in [-0.2, -0.15) is 0 Å². The maximum atomic E-state index is 4.30. The summed E-state index contributed by atoms with van der Waals surface area (Å²) < 4.78 is 0. The van der Waals surface area contributed by atoms with Crippen molar-refractivity contribution in [3.63, 3.8) is 0 Å². The Morgan fingerprint density at radius 1 is 1.47 bits per heavy atom. The van der Waals surface area contributed by atoms with Gasteiger partial charge < -0.3 is 5.32 Å². The van der Waals surface area contributed by atoms with Crippen molar-refractivity contribution in [2.45, 2.75) is 38.6 Å². The van der Waals surface area contributed by atoms with Crippen LogP contribution in [0.15, 0.2) is 18.6 Å². The summed E-state index contributed by atoms with van der Waals surface area (Å²) in [6.07, 6.45) is 4.73. The number of hydrogen-bond acceptors (Lipinski definition) is 3. The van der Waals surface area contributed by atoms with Crippen LogP contribution in [0.1, 0.15) is 38.8 Å². The Morgan fingerprint density at radius 3 is 2.87 bits per heavy atom. The van der Waals surface area contributed by atoms with E-state index in [2.05, 4.69) is 36.1 Å². The Bertz CT molecular complexity index is 315. The lowest BCUT2D eigenvalue weighted by Gasteiger charge is -2.20. The topological polar surface area (TPSA) is 37.8 Å². The molecule has 3 nitrogen and oxygen atoms in total. The highest BCUT2D eigenvalue weighted by Crippen LogP contribution is 2.46. The molecule has 0 bridgehead atoms. The summed E-state index contributed by atoms with van der Waals surface area (Å²) in [4.78, 5) is 8.24. The second-order valence-corrected chi connectivity index (χ2v) is 5.37. The third-order valence-corrected chi connectivity index (χ3v) is 2.80. The van der Waals surface area contributed by atoms with Crippen LogP contribution in [0.3, 0.4) is 0 Å². The minimum absolute atomic E-state index is 0.221. The van der Waals surface area contributed by atoms with Crippen molar-refractivity contribution in [1.82, 2.24) is 15.3 Å². The fourth-order valence-electron chi connectivity index (χ4n) is 1.79. The van der Waals surface area contributed by atoms with E-state index in [-0.39, 0.29) is 5.54 Å². The first kappa shape index (κ1) is 10.6. The fraction of sp³-hybridized carbons (Fsp3) is 0.667. The zero-order valence-corrected chi connectivity index (χ0v) is 9.70. The first-order chi connectivity index (χ1) is 7.06. The molecule has 1 aliphatic carbocycles. The van der Waals surface area contributed by atoms with Crippen molar-refractivity contribution in [3.05, 3.63) is 24.3 Å². The molecule has 3 heteroatoms. The number of aromatic nitrogens is 2. The van der Waals surface area contributed by atoms with E-state index in [1.165, 1.54) is 12.1 Å². The van der Waals surface area contributed by atoms with Crippen molar-refractivity contribution >= 4 is 0 Å². The van der Waals surface area contributed by atoms with Crippen molar-refractivity contribution in [2.75, 3.05) is 6.54 Å². The van der Waals surface area contributed by atoms with Gasteiger partial charge in [0.2, 0.25) is 0 Å². The molecule has 0 saturated heterocycles. The Morgan fingerprint density at radius 2 is 2.27 bits per heavy atom. The second kappa shape index (κ2) is 3.89. The fourth-order valence-corrected chi connectivity index (χ4v) is 1.79. The van der Waals surface area contributed by atoms with Crippen LogP contribution in [0.4, 0.5) is 0 Å². The van der Waals surface area contributed by atoms with E-state index in [0.717, 1.165) is 12.5 Å². The molecular formula is C12H19N3. The van der Waals surface area contributed by atoms with Crippen LogP contribution in [-0.4, -0.2) is 22.1 Å². The largest absolute Gasteiger partial charge is 0.312 e. The molecule has 0 spiro atoms. The van der Waals surface area contributed by atoms with Crippen LogP contribution in [0.5, 0.6) is 0 Å². The lowest BCUT2D eigenvalue weighted by atomic mass is 10.1. The maximum absolute atomic E-state index is 4.30. The summed E-state index contributed by atoms with van der Waals surface area (Å²) in [6, 6.07) is 2.03. The molecule has 2 atom stereocenters. The molecule has 2 rings (SSSR count). The lowest BCUT2D eigenvalue weighted by Crippen LogP contribution is -2.37. The Labute approximate surface area is 91.3 Å². The van der Waals surface area contributed by atoms with E-state index in [4.69, 9.17) is 0 Å². The molecule has 1 aliphatic rings.